The summed E-state index contributed by atoms with van der Waals surface area (Å²) in [4.78, 5) is 19.1. The molecule has 0 fully saturated rings. The number of benzene rings is 1. The first-order valence-electron chi connectivity index (χ1n) is 8.92. The molecule has 2 aromatic rings. The molecule has 1 aromatic carbocycles. The maximum atomic E-state index is 14.1. The number of nitrogens with zero attached hydrogens (tertiary/aromatic N) is 5. The van der Waals surface area contributed by atoms with Crippen molar-refractivity contribution in [3.05, 3.63) is 58.6 Å². The lowest BCUT2D eigenvalue weighted by atomic mass is 10.0. The summed E-state index contributed by atoms with van der Waals surface area (Å²) in [5, 5.41) is 8.53. The third-order valence-electron chi connectivity index (χ3n) is 4.98. The van der Waals surface area contributed by atoms with Crippen molar-refractivity contribution < 1.29 is 9.18 Å². The van der Waals surface area contributed by atoms with Crippen LogP contribution in [0.15, 0.2) is 29.4 Å². The fourth-order valence-corrected chi connectivity index (χ4v) is 3.37. The minimum absolute atomic E-state index is 0.201. The molecule has 27 heavy (non-hydrogen) atoms. The molecule has 0 saturated heterocycles. The lowest BCUT2D eigenvalue weighted by Gasteiger charge is -2.34. The lowest BCUT2D eigenvalue weighted by Crippen LogP contribution is -2.41. The van der Waals surface area contributed by atoms with Crippen molar-refractivity contribution in [2.24, 2.45) is 4.99 Å². The van der Waals surface area contributed by atoms with Gasteiger partial charge in [-0.15, -0.1) is 10.2 Å². The van der Waals surface area contributed by atoms with Crippen molar-refractivity contribution in [2.45, 2.75) is 47.2 Å². The number of carbonyl (C=O) groups excluding carboxylic acids is 1. The van der Waals surface area contributed by atoms with E-state index in [9.17, 15) is 9.18 Å². The average molecular weight is 369 g/mol. The SMILES string of the molecule is C=C(C)N=C(C)c1nnc2n1CCN(C(=O)c1cc(C)c(C)c(F)c1)[C@@H]2C. The lowest BCUT2D eigenvalue weighted by molar-refractivity contribution is 0.0637. The summed E-state index contributed by atoms with van der Waals surface area (Å²) in [7, 11) is 0. The summed E-state index contributed by atoms with van der Waals surface area (Å²) >= 11 is 0. The molecule has 0 spiro atoms. The zero-order valence-corrected chi connectivity index (χ0v) is 16.4. The first-order chi connectivity index (χ1) is 12.7. The van der Waals surface area contributed by atoms with E-state index in [2.05, 4.69) is 21.8 Å². The van der Waals surface area contributed by atoms with E-state index in [1.54, 1.807) is 24.8 Å². The smallest absolute Gasteiger partial charge is 0.254 e. The van der Waals surface area contributed by atoms with Crippen LogP contribution in [0.3, 0.4) is 0 Å². The van der Waals surface area contributed by atoms with Crippen molar-refractivity contribution in [3.8, 4) is 0 Å². The van der Waals surface area contributed by atoms with Crippen LogP contribution in [0.25, 0.3) is 0 Å². The summed E-state index contributed by atoms with van der Waals surface area (Å²) in [6.45, 7) is 14.0. The van der Waals surface area contributed by atoms with Crippen LogP contribution in [0.2, 0.25) is 0 Å². The molecule has 0 radical (unpaired) electrons. The Labute approximate surface area is 158 Å². The number of rotatable bonds is 3. The zero-order valence-electron chi connectivity index (χ0n) is 16.4. The third kappa shape index (κ3) is 3.41. The second-order valence-electron chi connectivity index (χ2n) is 7.04. The molecule has 2 heterocycles. The standard InChI is InChI=1S/C20H24FN5O/c1-11(2)22-14(5)18-23-24-19-15(6)25(7-8-26(18)19)20(27)16-9-12(3)13(4)17(21)10-16/h9-10,15H,1,7-8H2,2-6H3/t15-/m1/s1. The third-order valence-corrected chi connectivity index (χ3v) is 4.98. The van der Waals surface area contributed by atoms with Gasteiger partial charge >= 0.3 is 0 Å². The Balaban J connectivity index is 1.92. The van der Waals surface area contributed by atoms with Gasteiger partial charge in [-0.25, -0.2) is 4.39 Å². The quantitative estimate of drug-likeness (QED) is 0.777. The fourth-order valence-electron chi connectivity index (χ4n) is 3.37. The summed E-state index contributed by atoms with van der Waals surface area (Å²) in [5.41, 5.74) is 3.12. The second kappa shape index (κ2) is 7.06. The molecule has 1 amide bonds. The largest absolute Gasteiger partial charge is 0.327 e. The average Bonchev–Trinajstić information content (AvgIpc) is 3.03. The first-order valence-corrected chi connectivity index (χ1v) is 8.92. The Hall–Kier alpha value is -2.83. The van der Waals surface area contributed by atoms with Gasteiger partial charge in [-0.3, -0.25) is 9.79 Å². The summed E-state index contributed by atoms with van der Waals surface area (Å²) in [6.07, 6.45) is 0. The molecule has 1 atom stereocenters. The number of aryl methyl sites for hydroxylation is 1. The highest BCUT2D eigenvalue weighted by Gasteiger charge is 2.32. The van der Waals surface area contributed by atoms with Gasteiger partial charge in [0, 0.05) is 24.4 Å². The second-order valence-corrected chi connectivity index (χ2v) is 7.04. The van der Waals surface area contributed by atoms with E-state index in [0.717, 1.165) is 11.3 Å². The Morgan fingerprint density at radius 1 is 1.26 bits per heavy atom. The molecule has 3 rings (SSSR count). The van der Waals surface area contributed by atoms with Crippen LogP contribution in [0.1, 0.15) is 59.9 Å². The van der Waals surface area contributed by atoms with Gasteiger partial charge in [0.2, 0.25) is 0 Å². The van der Waals surface area contributed by atoms with E-state index in [1.807, 2.05) is 25.3 Å². The molecule has 0 bridgehead atoms. The summed E-state index contributed by atoms with van der Waals surface area (Å²) in [5.74, 6) is 0.821. The van der Waals surface area contributed by atoms with Crippen LogP contribution >= 0.6 is 0 Å². The number of amides is 1. The van der Waals surface area contributed by atoms with Crippen molar-refractivity contribution in [3.63, 3.8) is 0 Å². The van der Waals surface area contributed by atoms with Gasteiger partial charge in [0.25, 0.3) is 5.91 Å². The van der Waals surface area contributed by atoms with Gasteiger partial charge in [0.05, 0.1) is 11.8 Å². The van der Waals surface area contributed by atoms with Crippen LogP contribution in [-0.2, 0) is 6.54 Å². The molecule has 7 heteroatoms. The number of hydrogen-bond donors (Lipinski definition) is 0. The van der Waals surface area contributed by atoms with E-state index in [4.69, 9.17) is 0 Å². The van der Waals surface area contributed by atoms with Crippen LogP contribution in [0, 0.1) is 19.7 Å². The molecule has 0 saturated carbocycles. The number of aliphatic imine (C=N–C) groups is 1. The van der Waals surface area contributed by atoms with Crippen LogP contribution in [0.4, 0.5) is 4.39 Å². The Kier molecular flexibility index (Phi) is 4.95. The predicted octanol–water partition coefficient (Wildman–Crippen LogP) is 3.59. The number of halogens is 1. The van der Waals surface area contributed by atoms with Crippen molar-refractivity contribution in [2.75, 3.05) is 6.54 Å². The molecule has 1 aliphatic heterocycles. The molecule has 0 unspecified atom stereocenters. The maximum absolute atomic E-state index is 14.1. The minimum Gasteiger partial charge on any atom is -0.327 e. The van der Waals surface area contributed by atoms with Crippen LogP contribution < -0.4 is 0 Å². The number of hydrogen-bond acceptors (Lipinski definition) is 4. The number of aromatic nitrogens is 3. The molecule has 142 valence electrons. The summed E-state index contributed by atoms with van der Waals surface area (Å²) in [6, 6.07) is 2.78. The van der Waals surface area contributed by atoms with Gasteiger partial charge in [0.1, 0.15) is 5.82 Å². The Bertz CT molecular complexity index is 936. The van der Waals surface area contributed by atoms with Gasteiger partial charge in [-0.1, -0.05) is 6.58 Å². The summed E-state index contributed by atoms with van der Waals surface area (Å²) < 4.78 is 16.1. The van der Waals surface area contributed by atoms with Crippen LogP contribution in [0.5, 0.6) is 0 Å². The van der Waals surface area contributed by atoms with Gasteiger partial charge < -0.3 is 9.47 Å². The number of allylic oxidation sites excluding steroid dienone is 1. The monoisotopic (exact) mass is 369 g/mol. The van der Waals surface area contributed by atoms with Gasteiger partial charge in [-0.2, -0.15) is 0 Å². The van der Waals surface area contributed by atoms with E-state index in [0.29, 0.717) is 41.6 Å². The predicted molar refractivity (Wildman–Crippen MR) is 102 cm³/mol. The first kappa shape index (κ1) is 18.9. The highest BCUT2D eigenvalue weighted by Crippen LogP contribution is 2.27. The van der Waals surface area contributed by atoms with E-state index < -0.39 is 0 Å². The number of carbonyl (C=O) groups is 1. The van der Waals surface area contributed by atoms with Gasteiger partial charge in [-0.05, 0) is 57.9 Å². The Morgan fingerprint density at radius 2 is 1.96 bits per heavy atom. The molecular weight excluding hydrogens is 345 g/mol. The van der Waals surface area contributed by atoms with Crippen LogP contribution in [-0.4, -0.2) is 37.8 Å². The van der Waals surface area contributed by atoms with E-state index in [-0.39, 0.29) is 17.8 Å². The molecular formula is C20H24FN5O. The van der Waals surface area contributed by atoms with Crippen molar-refractivity contribution in [1.82, 2.24) is 19.7 Å². The zero-order chi connectivity index (χ0) is 19.9. The van der Waals surface area contributed by atoms with E-state index in [1.165, 1.54) is 6.07 Å². The molecule has 1 aliphatic rings. The molecule has 0 N–H and O–H groups in total. The molecule has 6 nitrogen and oxygen atoms in total. The normalized spacial score (nSPS) is 17.0. The highest BCUT2D eigenvalue weighted by molar-refractivity contribution is 5.96. The minimum atomic E-state index is -0.361. The van der Waals surface area contributed by atoms with E-state index >= 15 is 0 Å². The Morgan fingerprint density at radius 3 is 2.59 bits per heavy atom. The topological polar surface area (TPSA) is 63.4 Å². The van der Waals surface area contributed by atoms with Gasteiger partial charge in [0.15, 0.2) is 11.6 Å². The molecule has 0 aliphatic carbocycles. The molecule has 1 aromatic heterocycles. The number of fused-ring (bicyclic) bond motifs is 1. The van der Waals surface area contributed by atoms with Crippen molar-refractivity contribution in [1.29, 1.82) is 0 Å². The highest BCUT2D eigenvalue weighted by atomic mass is 19.1. The van der Waals surface area contributed by atoms with Crippen molar-refractivity contribution >= 4 is 11.6 Å². The fraction of sp³-hybridized carbons (Fsp3) is 0.400. The maximum Gasteiger partial charge on any atom is 0.254 e.